The van der Waals surface area contributed by atoms with E-state index in [4.69, 9.17) is 0 Å². The van der Waals surface area contributed by atoms with E-state index in [-0.39, 0.29) is 5.91 Å². The summed E-state index contributed by atoms with van der Waals surface area (Å²) < 4.78 is 0. The minimum Gasteiger partial charge on any atom is -0.326 e. The van der Waals surface area contributed by atoms with E-state index in [9.17, 15) is 4.79 Å². The fourth-order valence-corrected chi connectivity index (χ4v) is 2.20. The highest BCUT2D eigenvalue weighted by Gasteiger charge is 2.04. The molecule has 0 unspecified atom stereocenters. The normalized spacial score (nSPS) is 10.4. The van der Waals surface area contributed by atoms with Crippen molar-refractivity contribution in [3.05, 3.63) is 65.2 Å². The van der Waals surface area contributed by atoms with Crippen molar-refractivity contribution in [1.82, 2.24) is 5.32 Å². The third-order valence-corrected chi connectivity index (χ3v) is 3.35. The van der Waals surface area contributed by atoms with Gasteiger partial charge in [-0.3, -0.25) is 4.79 Å². The highest BCUT2D eigenvalue weighted by Crippen LogP contribution is 2.12. The number of aryl methyl sites for hydroxylation is 2. The molecular formula is C18H22N2O. The van der Waals surface area contributed by atoms with Crippen LogP contribution in [0.4, 0.5) is 5.69 Å². The van der Waals surface area contributed by atoms with Crippen LogP contribution >= 0.6 is 0 Å². The zero-order chi connectivity index (χ0) is 15.1. The Balaban J connectivity index is 1.86. The lowest BCUT2D eigenvalue weighted by Gasteiger charge is -2.07. The summed E-state index contributed by atoms with van der Waals surface area (Å²) in [5, 5.41) is 6.06. The number of amides is 1. The Labute approximate surface area is 126 Å². The van der Waals surface area contributed by atoms with E-state index in [0.717, 1.165) is 24.2 Å². The molecule has 0 atom stereocenters. The molecule has 21 heavy (non-hydrogen) atoms. The molecule has 3 heteroatoms. The molecule has 1 amide bonds. The summed E-state index contributed by atoms with van der Waals surface area (Å²) in [5.74, 6) is 0.0529. The summed E-state index contributed by atoms with van der Waals surface area (Å²) in [7, 11) is 1.91. The van der Waals surface area contributed by atoms with Gasteiger partial charge in [0.1, 0.15) is 0 Å². The molecule has 0 spiro atoms. The van der Waals surface area contributed by atoms with Gasteiger partial charge < -0.3 is 10.6 Å². The monoisotopic (exact) mass is 282 g/mol. The first-order valence-electron chi connectivity index (χ1n) is 7.26. The number of anilines is 1. The Kier molecular flexibility index (Phi) is 5.52. The van der Waals surface area contributed by atoms with Crippen molar-refractivity contribution in [2.45, 2.75) is 26.3 Å². The smallest absolute Gasteiger partial charge is 0.224 e. The molecule has 0 aromatic heterocycles. The van der Waals surface area contributed by atoms with Crippen LogP contribution in [0.5, 0.6) is 0 Å². The van der Waals surface area contributed by atoms with E-state index in [1.165, 1.54) is 11.1 Å². The first-order valence-corrected chi connectivity index (χ1v) is 7.26. The van der Waals surface area contributed by atoms with Gasteiger partial charge in [0.25, 0.3) is 0 Å². The maximum atomic E-state index is 12.0. The summed E-state index contributed by atoms with van der Waals surface area (Å²) in [6.45, 7) is 2.86. The second kappa shape index (κ2) is 7.60. The largest absolute Gasteiger partial charge is 0.326 e. The quantitative estimate of drug-likeness (QED) is 0.853. The van der Waals surface area contributed by atoms with E-state index < -0.39 is 0 Å². The number of rotatable bonds is 6. The minimum atomic E-state index is 0.0529. The molecule has 0 saturated carbocycles. The minimum absolute atomic E-state index is 0.0529. The van der Waals surface area contributed by atoms with E-state index >= 15 is 0 Å². The number of hydrogen-bond donors (Lipinski definition) is 2. The molecule has 0 fully saturated rings. The Hall–Kier alpha value is -2.13. The van der Waals surface area contributed by atoms with E-state index in [0.29, 0.717) is 6.42 Å². The van der Waals surface area contributed by atoms with Crippen molar-refractivity contribution >= 4 is 11.6 Å². The number of carbonyl (C=O) groups excluding carboxylic acids is 1. The lowest BCUT2D eigenvalue weighted by Crippen LogP contribution is -2.13. The number of carbonyl (C=O) groups is 1. The molecule has 0 bridgehead atoms. The van der Waals surface area contributed by atoms with Crippen LogP contribution in [-0.2, 0) is 17.8 Å². The van der Waals surface area contributed by atoms with Crippen molar-refractivity contribution < 1.29 is 4.79 Å². The molecule has 0 aliphatic carbocycles. The third kappa shape index (κ3) is 5.04. The standard InChI is InChI=1S/C18H22N2O/c1-14-6-8-15(9-7-14)10-11-18(21)20-17-5-3-4-16(12-17)13-19-2/h3-9,12,19H,10-11,13H2,1-2H3,(H,20,21). The van der Waals surface area contributed by atoms with E-state index in [2.05, 4.69) is 41.8 Å². The van der Waals surface area contributed by atoms with Crippen LogP contribution in [0.15, 0.2) is 48.5 Å². The number of nitrogens with one attached hydrogen (secondary N) is 2. The highest BCUT2D eigenvalue weighted by atomic mass is 16.1. The number of hydrogen-bond acceptors (Lipinski definition) is 2. The first-order chi connectivity index (χ1) is 10.2. The zero-order valence-corrected chi connectivity index (χ0v) is 12.6. The molecule has 0 saturated heterocycles. The summed E-state index contributed by atoms with van der Waals surface area (Å²) in [6.07, 6.45) is 1.27. The summed E-state index contributed by atoms with van der Waals surface area (Å²) >= 11 is 0. The topological polar surface area (TPSA) is 41.1 Å². The fraction of sp³-hybridized carbons (Fsp3) is 0.278. The molecule has 0 aliphatic heterocycles. The van der Waals surface area contributed by atoms with Crippen molar-refractivity contribution in [2.24, 2.45) is 0 Å². The van der Waals surface area contributed by atoms with Crippen molar-refractivity contribution in [3.63, 3.8) is 0 Å². The molecule has 0 aliphatic rings. The van der Waals surface area contributed by atoms with Gasteiger partial charge >= 0.3 is 0 Å². The van der Waals surface area contributed by atoms with E-state index in [1.54, 1.807) is 0 Å². The second-order valence-electron chi connectivity index (χ2n) is 5.26. The average Bonchev–Trinajstić information content (AvgIpc) is 2.47. The lowest BCUT2D eigenvalue weighted by atomic mass is 10.1. The fourth-order valence-electron chi connectivity index (χ4n) is 2.20. The molecule has 0 radical (unpaired) electrons. The molecule has 3 nitrogen and oxygen atoms in total. The van der Waals surface area contributed by atoms with Crippen LogP contribution in [0.2, 0.25) is 0 Å². The van der Waals surface area contributed by atoms with Gasteiger partial charge in [0.05, 0.1) is 0 Å². The lowest BCUT2D eigenvalue weighted by molar-refractivity contribution is -0.116. The van der Waals surface area contributed by atoms with Crippen LogP contribution in [0.1, 0.15) is 23.1 Å². The molecule has 2 aromatic carbocycles. The Morgan fingerprint density at radius 2 is 1.81 bits per heavy atom. The maximum Gasteiger partial charge on any atom is 0.224 e. The van der Waals surface area contributed by atoms with Crippen LogP contribution < -0.4 is 10.6 Å². The average molecular weight is 282 g/mol. The van der Waals surface area contributed by atoms with Gasteiger partial charge in [-0.1, -0.05) is 42.0 Å². The molecule has 2 N–H and O–H groups in total. The summed E-state index contributed by atoms with van der Waals surface area (Å²) in [4.78, 5) is 12.0. The highest BCUT2D eigenvalue weighted by molar-refractivity contribution is 5.90. The van der Waals surface area contributed by atoms with Crippen molar-refractivity contribution in [3.8, 4) is 0 Å². The van der Waals surface area contributed by atoms with Gasteiger partial charge in [0.2, 0.25) is 5.91 Å². The predicted octanol–water partition coefficient (Wildman–Crippen LogP) is 3.29. The van der Waals surface area contributed by atoms with Crippen LogP contribution in [0.25, 0.3) is 0 Å². The zero-order valence-electron chi connectivity index (χ0n) is 12.6. The molecule has 110 valence electrons. The summed E-state index contributed by atoms with van der Waals surface area (Å²) in [5.41, 5.74) is 4.45. The van der Waals surface area contributed by atoms with Crippen LogP contribution in [0.3, 0.4) is 0 Å². The van der Waals surface area contributed by atoms with Gasteiger partial charge in [0, 0.05) is 18.7 Å². The molecule has 0 heterocycles. The molecule has 2 aromatic rings. The molecular weight excluding hydrogens is 260 g/mol. The Morgan fingerprint density at radius 3 is 2.52 bits per heavy atom. The number of benzene rings is 2. The van der Waals surface area contributed by atoms with Crippen molar-refractivity contribution in [2.75, 3.05) is 12.4 Å². The molecule has 2 rings (SSSR count). The van der Waals surface area contributed by atoms with Crippen LogP contribution in [0, 0.1) is 6.92 Å². The maximum absolute atomic E-state index is 12.0. The van der Waals surface area contributed by atoms with Crippen molar-refractivity contribution in [1.29, 1.82) is 0 Å². The van der Waals surface area contributed by atoms with E-state index in [1.807, 2.05) is 31.3 Å². The summed E-state index contributed by atoms with van der Waals surface area (Å²) in [6, 6.07) is 16.2. The van der Waals surface area contributed by atoms with Crippen LogP contribution in [-0.4, -0.2) is 13.0 Å². The van der Waals surface area contributed by atoms with Gasteiger partial charge in [-0.05, 0) is 43.7 Å². The first kappa shape index (κ1) is 15.3. The third-order valence-electron chi connectivity index (χ3n) is 3.35. The van der Waals surface area contributed by atoms with Gasteiger partial charge in [-0.2, -0.15) is 0 Å². The second-order valence-corrected chi connectivity index (χ2v) is 5.26. The van der Waals surface area contributed by atoms with Gasteiger partial charge in [-0.25, -0.2) is 0 Å². The SMILES string of the molecule is CNCc1cccc(NC(=O)CCc2ccc(C)cc2)c1. The Morgan fingerprint density at radius 1 is 1.05 bits per heavy atom. The van der Waals surface area contributed by atoms with Gasteiger partial charge in [-0.15, -0.1) is 0 Å². The van der Waals surface area contributed by atoms with Gasteiger partial charge in [0.15, 0.2) is 0 Å². The Bertz CT molecular complexity index is 590. The predicted molar refractivity (Wildman–Crippen MR) is 87.3 cm³/mol.